The summed E-state index contributed by atoms with van der Waals surface area (Å²) in [4.78, 5) is 29.9. The topological polar surface area (TPSA) is 77.1 Å². The smallest absolute Gasteiger partial charge is 0.262 e. The Morgan fingerprint density at radius 2 is 2.03 bits per heavy atom. The van der Waals surface area contributed by atoms with Gasteiger partial charge in [-0.2, -0.15) is 0 Å². The standard InChI is InChI=1S/C21H15BrFN3O3S/c22-13-7-8-18(16(23)10-13)24-19(27)12-30-21-25-17-6-2-1-5-15(17)20(28)26(21)11-14-4-3-9-29-14/h1-10H,11-12H2,(H,24,27). The molecular weight excluding hydrogens is 473 g/mol. The number of hydrogen-bond donors (Lipinski definition) is 1. The van der Waals surface area contributed by atoms with Crippen LogP contribution in [0, 0.1) is 5.82 Å². The van der Waals surface area contributed by atoms with Gasteiger partial charge in [-0.05, 0) is 42.5 Å². The summed E-state index contributed by atoms with van der Waals surface area (Å²) in [7, 11) is 0. The molecule has 0 aliphatic rings. The molecule has 0 fully saturated rings. The van der Waals surface area contributed by atoms with Gasteiger partial charge in [-0.1, -0.05) is 39.8 Å². The Kier molecular flexibility index (Phi) is 6.01. The van der Waals surface area contributed by atoms with Crippen molar-refractivity contribution in [1.29, 1.82) is 0 Å². The Labute approximate surface area is 183 Å². The van der Waals surface area contributed by atoms with Crippen molar-refractivity contribution in [2.75, 3.05) is 11.1 Å². The number of halogens is 2. The maximum atomic E-state index is 14.0. The Hall–Kier alpha value is -2.91. The first-order valence-corrected chi connectivity index (χ1v) is 10.7. The van der Waals surface area contributed by atoms with Crippen LogP contribution in [0.5, 0.6) is 0 Å². The largest absolute Gasteiger partial charge is 0.467 e. The van der Waals surface area contributed by atoms with Gasteiger partial charge in [0.15, 0.2) is 5.16 Å². The Bertz CT molecular complexity index is 1270. The van der Waals surface area contributed by atoms with E-state index in [1.807, 2.05) is 0 Å². The summed E-state index contributed by atoms with van der Waals surface area (Å²) in [6, 6.07) is 14.9. The summed E-state index contributed by atoms with van der Waals surface area (Å²) < 4.78 is 21.4. The van der Waals surface area contributed by atoms with E-state index in [0.717, 1.165) is 11.8 Å². The second-order valence-corrected chi connectivity index (χ2v) is 8.20. The highest BCUT2D eigenvalue weighted by Crippen LogP contribution is 2.22. The Balaban J connectivity index is 1.59. The second kappa shape index (κ2) is 8.85. The third-order valence-electron chi connectivity index (χ3n) is 4.26. The number of furan rings is 1. The van der Waals surface area contributed by atoms with Gasteiger partial charge in [-0.3, -0.25) is 14.2 Å². The summed E-state index contributed by atoms with van der Waals surface area (Å²) in [5, 5.41) is 3.39. The molecule has 0 saturated carbocycles. The maximum absolute atomic E-state index is 14.0. The first-order chi connectivity index (χ1) is 14.5. The molecule has 152 valence electrons. The highest BCUT2D eigenvalue weighted by atomic mass is 79.9. The average molecular weight is 488 g/mol. The molecule has 0 bridgehead atoms. The molecule has 0 atom stereocenters. The molecule has 2 aromatic carbocycles. The zero-order valence-corrected chi connectivity index (χ0v) is 17.9. The average Bonchev–Trinajstić information content (AvgIpc) is 3.24. The van der Waals surface area contributed by atoms with E-state index in [1.165, 1.54) is 23.0 Å². The number of fused-ring (bicyclic) bond motifs is 1. The Morgan fingerprint density at radius 3 is 2.80 bits per heavy atom. The van der Waals surface area contributed by atoms with Crippen molar-refractivity contribution in [3.05, 3.63) is 87.3 Å². The lowest BCUT2D eigenvalue weighted by atomic mass is 10.2. The van der Waals surface area contributed by atoms with Gasteiger partial charge >= 0.3 is 0 Å². The molecule has 0 spiro atoms. The number of carbonyl (C=O) groups excluding carboxylic acids is 1. The van der Waals surface area contributed by atoms with Crippen molar-refractivity contribution in [3.63, 3.8) is 0 Å². The van der Waals surface area contributed by atoms with Crippen LogP contribution in [-0.2, 0) is 11.3 Å². The van der Waals surface area contributed by atoms with Gasteiger partial charge in [-0.25, -0.2) is 9.37 Å². The predicted octanol–water partition coefficient (Wildman–Crippen LogP) is 4.67. The van der Waals surface area contributed by atoms with Gasteiger partial charge in [-0.15, -0.1) is 0 Å². The van der Waals surface area contributed by atoms with Gasteiger partial charge in [0.2, 0.25) is 5.91 Å². The van der Waals surface area contributed by atoms with Gasteiger partial charge in [0.1, 0.15) is 11.6 Å². The summed E-state index contributed by atoms with van der Waals surface area (Å²) >= 11 is 4.28. The van der Waals surface area contributed by atoms with Crippen LogP contribution in [0.15, 0.2) is 79.7 Å². The molecule has 2 heterocycles. The molecule has 6 nitrogen and oxygen atoms in total. The minimum atomic E-state index is -0.540. The first kappa shape index (κ1) is 20.4. The van der Waals surface area contributed by atoms with Crippen molar-refractivity contribution < 1.29 is 13.6 Å². The van der Waals surface area contributed by atoms with Crippen LogP contribution < -0.4 is 10.9 Å². The minimum Gasteiger partial charge on any atom is -0.467 e. The number of aromatic nitrogens is 2. The molecule has 0 radical (unpaired) electrons. The van der Waals surface area contributed by atoms with Crippen molar-refractivity contribution >= 4 is 50.2 Å². The molecule has 1 N–H and O–H groups in total. The van der Waals surface area contributed by atoms with E-state index >= 15 is 0 Å². The molecule has 30 heavy (non-hydrogen) atoms. The van der Waals surface area contributed by atoms with E-state index < -0.39 is 11.7 Å². The number of benzene rings is 2. The van der Waals surface area contributed by atoms with E-state index in [4.69, 9.17) is 4.42 Å². The fourth-order valence-electron chi connectivity index (χ4n) is 2.86. The minimum absolute atomic E-state index is 0.0432. The number of rotatable bonds is 6. The zero-order chi connectivity index (χ0) is 21.1. The summed E-state index contributed by atoms with van der Waals surface area (Å²) in [5.74, 6) is -0.398. The fourth-order valence-corrected chi connectivity index (χ4v) is 3.99. The summed E-state index contributed by atoms with van der Waals surface area (Å²) in [6.45, 7) is 0.189. The molecule has 0 aliphatic carbocycles. The highest BCUT2D eigenvalue weighted by molar-refractivity contribution is 9.10. The zero-order valence-electron chi connectivity index (χ0n) is 15.5. The third-order valence-corrected chi connectivity index (χ3v) is 5.73. The van der Waals surface area contributed by atoms with Crippen molar-refractivity contribution in [3.8, 4) is 0 Å². The maximum Gasteiger partial charge on any atom is 0.262 e. The van der Waals surface area contributed by atoms with E-state index in [0.29, 0.717) is 26.3 Å². The number of thioether (sulfide) groups is 1. The van der Waals surface area contributed by atoms with Gasteiger partial charge in [0, 0.05) is 4.47 Å². The lowest BCUT2D eigenvalue weighted by Gasteiger charge is -2.12. The van der Waals surface area contributed by atoms with Crippen LogP contribution in [0.4, 0.5) is 10.1 Å². The van der Waals surface area contributed by atoms with Crippen LogP contribution >= 0.6 is 27.7 Å². The van der Waals surface area contributed by atoms with E-state index in [9.17, 15) is 14.0 Å². The van der Waals surface area contributed by atoms with Gasteiger partial charge in [0.05, 0.1) is 35.2 Å². The second-order valence-electron chi connectivity index (χ2n) is 6.34. The number of anilines is 1. The molecule has 2 aromatic heterocycles. The summed E-state index contributed by atoms with van der Waals surface area (Å²) in [6.07, 6.45) is 1.53. The fraction of sp³-hybridized carbons (Fsp3) is 0.0952. The molecule has 1 amide bonds. The van der Waals surface area contributed by atoms with Crippen molar-refractivity contribution in [1.82, 2.24) is 9.55 Å². The van der Waals surface area contributed by atoms with Crippen LogP contribution in [0.3, 0.4) is 0 Å². The van der Waals surface area contributed by atoms with Gasteiger partial charge < -0.3 is 9.73 Å². The molecule has 4 aromatic rings. The predicted molar refractivity (Wildman–Crippen MR) is 117 cm³/mol. The lowest BCUT2D eigenvalue weighted by Crippen LogP contribution is -2.24. The number of amides is 1. The number of para-hydroxylation sites is 1. The van der Waals surface area contributed by atoms with Crippen LogP contribution in [-0.4, -0.2) is 21.2 Å². The number of carbonyl (C=O) groups is 1. The molecule has 9 heteroatoms. The number of nitrogens with zero attached hydrogens (tertiary/aromatic N) is 2. The highest BCUT2D eigenvalue weighted by Gasteiger charge is 2.15. The normalized spacial score (nSPS) is 11.0. The number of nitrogens with one attached hydrogen (secondary N) is 1. The van der Waals surface area contributed by atoms with Crippen LogP contribution in [0.1, 0.15) is 5.76 Å². The van der Waals surface area contributed by atoms with Gasteiger partial charge in [0.25, 0.3) is 5.56 Å². The van der Waals surface area contributed by atoms with E-state index in [-0.39, 0.29) is 23.5 Å². The number of hydrogen-bond acceptors (Lipinski definition) is 5. The van der Waals surface area contributed by atoms with Crippen molar-refractivity contribution in [2.24, 2.45) is 0 Å². The third kappa shape index (κ3) is 4.47. The molecule has 4 rings (SSSR count). The first-order valence-electron chi connectivity index (χ1n) is 8.91. The molecule has 0 aliphatic heterocycles. The lowest BCUT2D eigenvalue weighted by molar-refractivity contribution is -0.113. The van der Waals surface area contributed by atoms with E-state index in [2.05, 4.69) is 26.2 Å². The SMILES string of the molecule is O=C(CSc1nc2ccccc2c(=O)n1Cc1ccco1)Nc1ccc(Br)cc1F. The van der Waals surface area contributed by atoms with Crippen molar-refractivity contribution in [2.45, 2.75) is 11.7 Å². The monoisotopic (exact) mass is 487 g/mol. The van der Waals surface area contributed by atoms with E-state index in [1.54, 1.807) is 42.5 Å². The summed E-state index contributed by atoms with van der Waals surface area (Å²) in [5.41, 5.74) is 0.405. The quantitative estimate of drug-likeness (QED) is 0.315. The molecule has 0 unspecified atom stereocenters. The molecule has 0 saturated heterocycles. The molecular formula is C21H15BrFN3O3S. The Morgan fingerprint density at radius 1 is 1.20 bits per heavy atom. The van der Waals surface area contributed by atoms with Crippen LogP contribution in [0.25, 0.3) is 10.9 Å². The van der Waals surface area contributed by atoms with Crippen LogP contribution in [0.2, 0.25) is 0 Å².